The van der Waals surface area contributed by atoms with Crippen molar-refractivity contribution < 1.29 is 9.18 Å². The van der Waals surface area contributed by atoms with Crippen molar-refractivity contribution >= 4 is 12.0 Å². The van der Waals surface area contributed by atoms with E-state index in [-0.39, 0.29) is 11.7 Å². The molecule has 1 heterocycles. The average molecular weight is 276 g/mol. The van der Waals surface area contributed by atoms with E-state index in [0.29, 0.717) is 18.0 Å². The highest BCUT2D eigenvalue weighted by atomic mass is 19.1. The fourth-order valence-electron chi connectivity index (χ4n) is 2.41. The summed E-state index contributed by atoms with van der Waals surface area (Å²) in [6.07, 6.45) is 6.54. The summed E-state index contributed by atoms with van der Waals surface area (Å²) in [5.74, 6) is 0.242. The van der Waals surface area contributed by atoms with Crippen LogP contribution < -0.4 is 10.6 Å². The number of piperidine rings is 1. The van der Waals surface area contributed by atoms with Crippen molar-refractivity contribution in [3.8, 4) is 0 Å². The molecule has 3 nitrogen and oxygen atoms in total. The van der Waals surface area contributed by atoms with Crippen molar-refractivity contribution in [1.29, 1.82) is 0 Å². The lowest BCUT2D eigenvalue weighted by molar-refractivity contribution is -0.116. The molecular formula is C16H21FN2O. The number of hydrogen-bond donors (Lipinski definition) is 2. The highest BCUT2D eigenvalue weighted by Crippen LogP contribution is 2.12. The molecular weight excluding hydrogens is 255 g/mol. The van der Waals surface area contributed by atoms with Crippen LogP contribution in [-0.4, -0.2) is 25.5 Å². The summed E-state index contributed by atoms with van der Waals surface area (Å²) in [6, 6.07) is 6.18. The Morgan fingerprint density at radius 2 is 2.40 bits per heavy atom. The third kappa shape index (κ3) is 5.13. The van der Waals surface area contributed by atoms with Gasteiger partial charge >= 0.3 is 0 Å². The zero-order valence-corrected chi connectivity index (χ0v) is 11.6. The first kappa shape index (κ1) is 14.7. The SMILES string of the molecule is O=C(/C=C/c1cccc(F)c1)NCC[C@H]1CCCNC1. The largest absolute Gasteiger partial charge is 0.353 e. The summed E-state index contributed by atoms with van der Waals surface area (Å²) in [7, 11) is 0. The molecule has 1 aliphatic heterocycles. The molecule has 0 saturated carbocycles. The van der Waals surface area contributed by atoms with E-state index in [1.54, 1.807) is 18.2 Å². The number of hydrogen-bond acceptors (Lipinski definition) is 2. The fraction of sp³-hybridized carbons (Fsp3) is 0.438. The van der Waals surface area contributed by atoms with Crippen LogP contribution in [0.2, 0.25) is 0 Å². The van der Waals surface area contributed by atoms with Crippen LogP contribution in [0, 0.1) is 11.7 Å². The Morgan fingerprint density at radius 3 is 3.15 bits per heavy atom. The summed E-state index contributed by atoms with van der Waals surface area (Å²) in [5, 5.41) is 6.23. The molecule has 1 aromatic carbocycles. The molecule has 0 bridgehead atoms. The minimum absolute atomic E-state index is 0.127. The Morgan fingerprint density at radius 1 is 1.50 bits per heavy atom. The van der Waals surface area contributed by atoms with E-state index in [1.807, 2.05) is 0 Å². The van der Waals surface area contributed by atoms with E-state index in [9.17, 15) is 9.18 Å². The first-order chi connectivity index (χ1) is 9.74. The maximum Gasteiger partial charge on any atom is 0.243 e. The zero-order chi connectivity index (χ0) is 14.2. The second-order valence-corrected chi connectivity index (χ2v) is 5.18. The first-order valence-electron chi connectivity index (χ1n) is 7.16. The molecule has 20 heavy (non-hydrogen) atoms. The minimum atomic E-state index is -0.294. The molecule has 0 unspecified atom stereocenters. The Hall–Kier alpha value is -1.68. The van der Waals surface area contributed by atoms with Crippen LogP contribution in [0.1, 0.15) is 24.8 Å². The van der Waals surface area contributed by atoms with E-state index in [1.165, 1.54) is 31.1 Å². The summed E-state index contributed by atoms with van der Waals surface area (Å²) >= 11 is 0. The van der Waals surface area contributed by atoms with Gasteiger partial charge in [0.2, 0.25) is 5.91 Å². The van der Waals surface area contributed by atoms with Crippen LogP contribution in [0.15, 0.2) is 30.3 Å². The summed E-state index contributed by atoms with van der Waals surface area (Å²) in [5.41, 5.74) is 0.691. The van der Waals surface area contributed by atoms with Crippen molar-refractivity contribution in [2.75, 3.05) is 19.6 Å². The molecule has 108 valence electrons. The second kappa shape index (κ2) is 7.80. The van der Waals surface area contributed by atoms with Gasteiger partial charge in [0.05, 0.1) is 0 Å². The number of benzene rings is 1. The first-order valence-corrected chi connectivity index (χ1v) is 7.16. The van der Waals surface area contributed by atoms with Gasteiger partial charge in [-0.3, -0.25) is 4.79 Å². The highest BCUT2D eigenvalue weighted by molar-refractivity contribution is 5.91. The standard InChI is InChI=1S/C16H21FN2O/c17-15-5-1-3-13(11-15)6-7-16(20)19-10-8-14-4-2-9-18-12-14/h1,3,5-7,11,14,18H,2,4,8-10,12H2,(H,19,20)/b7-6+/t14-/m1/s1. The van der Waals surface area contributed by atoms with Gasteiger partial charge in [-0.1, -0.05) is 12.1 Å². The van der Waals surface area contributed by atoms with Gasteiger partial charge in [-0.15, -0.1) is 0 Å². The average Bonchev–Trinajstić information content (AvgIpc) is 2.46. The Balaban J connectivity index is 1.69. The lowest BCUT2D eigenvalue weighted by atomic mass is 9.96. The van der Waals surface area contributed by atoms with Crippen LogP contribution in [0.25, 0.3) is 6.08 Å². The number of amides is 1. The molecule has 0 aliphatic carbocycles. The van der Waals surface area contributed by atoms with Gasteiger partial charge in [-0.25, -0.2) is 4.39 Å². The molecule has 1 atom stereocenters. The van der Waals surface area contributed by atoms with Crippen molar-refractivity contribution in [3.05, 3.63) is 41.7 Å². The Labute approximate surface area is 119 Å². The van der Waals surface area contributed by atoms with Gasteiger partial charge in [0.25, 0.3) is 0 Å². The van der Waals surface area contributed by atoms with Gasteiger partial charge in [-0.05, 0) is 62.0 Å². The number of nitrogens with one attached hydrogen (secondary N) is 2. The molecule has 0 spiro atoms. The van der Waals surface area contributed by atoms with E-state index < -0.39 is 0 Å². The summed E-state index contributed by atoms with van der Waals surface area (Å²) in [6.45, 7) is 2.85. The molecule has 0 aromatic heterocycles. The quantitative estimate of drug-likeness (QED) is 0.811. The van der Waals surface area contributed by atoms with E-state index >= 15 is 0 Å². The molecule has 1 aromatic rings. The van der Waals surface area contributed by atoms with E-state index in [2.05, 4.69) is 10.6 Å². The second-order valence-electron chi connectivity index (χ2n) is 5.18. The van der Waals surface area contributed by atoms with Crippen molar-refractivity contribution in [3.63, 3.8) is 0 Å². The van der Waals surface area contributed by atoms with Gasteiger partial charge in [0.15, 0.2) is 0 Å². The zero-order valence-electron chi connectivity index (χ0n) is 11.6. The van der Waals surface area contributed by atoms with E-state index in [0.717, 1.165) is 19.5 Å². The number of rotatable bonds is 5. The number of carbonyl (C=O) groups excluding carboxylic acids is 1. The van der Waals surface area contributed by atoms with Gasteiger partial charge in [0, 0.05) is 12.6 Å². The third-order valence-electron chi connectivity index (χ3n) is 3.53. The van der Waals surface area contributed by atoms with Crippen LogP contribution in [-0.2, 0) is 4.79 Å². The topological polar surface area (TPSA) is 41.1 Å². The van der Waals surface area contributed by atoms with Crippen molar-refractivity contribution in [1.82, 2.24) is 10.6 Å². The van der Waals surface area contributed by atoms with Gasteiger partial charge in [0.1, 0.15) is 5.82 Å². The third-order valence-corrected chi connectivity index (χ3v) is 3.53. The Bertz CT molecular complexity index is 467. The Kier molecular flexibility index (Phi) is 5.74. The van der Waals surface area contributed by atoms with Crippen LogP contribution in [0.4, 0.5) is 4.39 Å². The molecule has 1 aliphatic rings. The number of halogens is 1. The van der Waals surface area contributed by atoms with Crippen LogP contribution in [0.3, 0.4) is 0 Å². The van der Waals surface area contributed by atoms with Gasteiger partial charge in [-0.2, -0.15) is 0 Å². The predicted octanol–water partition coefficient (Wildman–Crippen LogP) is 2.34. The maximum atomic E-state index is 13.0. The smallest absolute Gasteiger partial charge is 0.243 e. The van der Waals surface area contributed by atoms with Crippen molar-refractivity contribution in [2.45, 2.75) is 19.3 Å². The lowest BCUT2D eigenvalue weighted by Crippen LogP contribution is -2.32. The molecule has 1 saturated heterocycles. The predicted molar refractivity (Wildman–Crippen MR) is 78.7 cm³/mol. The maximum absolute atomic E-state index is 13.0. The molecule has 2 N–H and O–H groups in total. The molecule has 0 radical (unpaired) electrons. The minimum Gasteiger partial charge on any atom is -0.353 e. The van der Waals surface area contributed by atoms with Crippen molar-refractivity contribution in [2.24, 2.45) is 5.92 Å². The number of carbonyl (C=O) groups is 1. The summed E-state index contributed by atoms with van der Waals surface area (Å²) < 4.78 is 13.0. The fourth-order valence-corrected chi connectivity index (χ4v) is 2.41. The highest BCUT2D eigenvalue weighted by Gasteiger charge is 2.12. The monoisotopic (exact) mass is 276 g/mol. The lowest BCUT2D eigenvalue weighted by Gasteiger charge is -2.22. The molecule has 4 heteroatoms. The van der Waals surface area contributed by atoms with Gasteiger partial charge < -0.3 is 10.6 Å². The molecule has 2 rings (SSSR count). The van der Waals surface area contributed by atoms with Crippen LogP contribution >= 0.6 is 0 Å². The summed E-state index contributed by atoms with van der Waals surface area (Å²) in [4.78, 5) is 11.6. The molecule has 1 amide bonds. The van der Waals surface area contributed by atoms with Crippen LogP contribution in [0.5, 0.6) is 0 Å². The molecule has 1 fully saturated rings. The normalized spacial score (nSPS) is 19.1. The van der Waals surface area contributed by atoms with E-state index in [4.69, 9.17) is 0 Å².